The first-order valence-corrected chi connectivity index (χ1v) is 11.0. The summed E-state index contributed by atoms with van der Waals surface area (Å²) in [5.41, 5.74) is 0.933. The molecule has 142 valence electrons. The Labute approximate surface area is 175 Å². The number of aryl methyl sites for hydroxylation is 1. The number of halogens is 1. The molecule has 0 spiro atoms. The monoisotopic (exact) mass is 428 g/mol. The number of anilines is 2. The van der Waals surface area contributed by atoms with Crippen molar-refractivity contribution in [3.63, 3.8) is 0 Å². The van der Waals surface area contributed by atoms with E-state index in [1.54, 1.807) is 29.0 Å². The molecule has 0 aliphatic carbocycles. The van der Waals surface area contributed by atoms with Crippen LogP contribution in [-0.2, 0) is 0 Å². The van der Waals surface area contributed by atoms with Crippen LogP contribution in [0.25, 0.3) is 20.8 Å². The van der Waals surface area contributed by atoms with Gasteiger partial charge in [-0.1, -0.05) is 41.1 Å². The zero-order valence-electron chi connectivity index (χ0n) is 15.2. The molecule has 5 rings (SSSR count). The maximum Gasteiger partial charge on any atom is 0.208 e. The molecule has 0 amide bonds. The van der Waals surface area contributed by atoms with Gasteiger partial charge in [0.2, 0.25) is 5.13 Å². The first-order valence-electron chi connectivity index (χ1n) is 8.98. The zero-order chi connectivity index (χ0) is 19.1. The Morgan fingerprint density at radius 3 is 2.57 bits per heavy atom. The van der Waals surface area contributed by atoms with Crippen molar-refractivity contribution in [3.05, 3.63) is 46.6 Å². The topological polar surface area (TPSA) is 58.0 Å². The Balaban J connectivity index is 1.33. The van der Waals surface area contributed by atoms with Crippen LogP contribution in [0.2, 0.25) is 5.02 Å². The average Bonchev–Trinajstić information content (AvgIpc) is 3.34. The summed E-state index contributed by atoms with van der Waals surface area (Å²) in [7, 11) is 0. The number of thiophene rings is 1. The van der Waals surface area contributed by atoms with E-state index in [4.69, 9.17) is 11.6 Å². The molecular weight excluding hydrogens is 412 g/mol. The van der Waals surface area contributed by atoms with E-state index in [1.165, 1.54) is 4.88 Å². The van der Waals surface area contributed by atoms with Crippen LogP contribution >= 0.6 is 34.3 Å². The van der Waals surface area contributed by atoms with E-state index in [-0.39, 0.29) is 0 Å². The number of hydrogen-bond donors (Lipinski definition) is 0. The van der Waals surface area contributed by atoms with E-state index in [0.29, 0.717) is 5.02 Å². The Morgan fingerprint density at radius 1 is 0.964 bits per heavy atom. The Hall–Kier alpha value is -2.29. The third-order valence-electron chi connectivity index (χ3n) is 4.80. The second kappa shape index (κ2) is 7.27. The molecule has 9 heteroatoms. The molecule has 0 unspecified atom stereocenters. The summed E-state index contributed by atoms with van der Waals surface area (Å²) in [6, 6.07) is 9.93. The van der Waals surface area contributed by atoms with Gasteiger partial charge in [-0.2, -0.15) is 0 Å². The van der Waals surface area contributed by atoms with Crippen LogP contribution in [0.15, 0.2) is 36.7 Å². The molecule has 0 N–H and O–H groups in total. The molecule has 4 heterocycles. The summed E-state index contributed by atoms with van der Waals surface area (Å²) in [4.78, 5) is 15.9. The minimum atomic E-state index is 0.703. The van der Waals surface area contributed by atoms with Gasteiger partial charge in [0.25, 0.3) is 0 Å². The number of piperazine rings is 1. The number of fused-ring (bicyclic) bond motifs is 1. The van der Waals surface area contributed by atoms with Gasteiger partial charge in [0, 0.05) is 36.6 Å². The summed E-state index contributed by atoms with van der Waals surface area (Å²) < 4.78 is 0. The van der Waals surface area contributed by atoms with Crippen LogP contribution < -0.4 is 9.80 Å². The fraction of sp³-hybridized carbons (Fsp3) is 0.263. The largest absolute Gasteiger partial charge is 0.352 e. The molecular formula is C19H17ClN6S2. The number of aromatic nitrogens is 4. The van der Waals surface area contributed by atoms with Gasteiger partial charge in [0.15, 0.2) is 5.01 Å². The Morgan fingerprint density at radius 2 is 1.75 bits per heavy atom. The van der Waals surface area contributed by atoms with Crippen LogP contribution in [0.5, 0.6) is 0 Å². The van der Waals surface area contributed by atoms with Crippen LogP contribution in [0.1, 0.15) is 4.88 Å². The maximum absolute atomic E-state index is 6.30. The van der Waals surface area contributed by atoms with E-state index in [2.05, 4.69) is 43.0 Å². The van der Waals surface area contributed by atoms with Crippen LogP contribution in [-0.4, -0.2) is 46.3 Å². The SMILES string of the molecule is Cc1cc2c(N3CCN(c4nnc(-c5ccccc5Cl)s4)CC3)ncnc2s1. The molecule has 3 aromatic heterocycles. The molecule has 28 heavy (non-hydrogen) atoms. The van der Waals surface area contributed by atoms with Gasteiger partial charge in [-0.25, -0.2) is 9.97 Å². The maximum atomic E-state index is 6.30. The fourth-order valence-electron chi connectivity index (χ4n) is 3.41. The van der Waals surface area contributed by atoms with E-state index in [1.807, 2.05) is 24.3 Å². The molecule has 1 aliphatic heterocycles. The third-order valence-corrected chi connectivity index (χ3v) is 7.11. The van der Waals surface area contributed by atoms with Crippen molar-refractivity contribution < 1.29 is 0 Å². The number of hydrogen-bond acceptors (Lipinski definition) is 8. The molecule has 0 atom stereocenters. The normalized spacial score (nSPS) is 14.8. The van der Waals surface area contributed by atoms with Crippen molar-refractivity contribution in [2.24, 2.45) is 0 Å². The van der Waals surface area contributed by atoms with Gasteiger partial charge in [0.1, 0.15) is 17.0 Å². The highest BCUT2D eigenvalue weighted by atomic mass is 35.5. The lowest BCUT2D eigenvalue weighted by atomic mass is 10.2. The molecule has 1 saturated heterocycles. The van der Waals surface area contributed by atoms with E-state index in [0.717, 1.165) is 57.9 Å². The predicted octanol–water partition coefficient (Wildman–Crippen LogP) is 4.50. The molecule has 0 radical (unpaired) electrons. The second-order valence-corrected chi connectivity index (χ2v) is 9.21. The number of benzene rings is 1. The van der Waals surface area contributed by atoms with Gasteiger partial charge >= 0.3 is 0 Å². The smallest absolute Gasteiger partial charge is 0.208 e. The number of rotatable bonds is 3. The number of nitrogens with zero attached hydrogens (tertiary/aromatic N) is 6. The first-order chi connectivity index (χ1) is 13.7. The third kappa shape index (κ3) is 3.21. The molecule has 0 bridgehead atoms. The quantitative estimate of drug-likeness (QED) is 0.479. The van der Waals surface area contributed by atoms with Crippen LogP contribution in [0, 0.1) is 6.92 Å². The zero-order valence-corrected chi connectivity index (χ0v) is 17.6. The summed E-state index contributed by atoms with van der Waals surface area (Å²) in [6.07, 6.45) is 1.67. The van der Waals surface area contributed by atoms with Crippen LogP contribution in [0.4, 0.5) is 10.9 Å². The molecule has 1 aromatic carbocycles. The van der Waals surface area contributed by atoms with Gasteiger partial charge in [0.05, 0.1) is 10.4 Å². The molecule has 0 saturated carbocycles. The predicted molar refractivity (Wildman–Crippen MR) is 117 cm³/mol. The highest BCUT2D eigenvalue weighted by Gasteiger charge is 2.23. The van der Waals surface area contributed by atoms with Crippen LogP contribution in [0.3, 0.4) is 0 Å². The van der Waals surface area contributed by atoms with Gasteiger partial charge in [-0.05, 0) is 19.1 Å². The standard InChI is InChI=1S/C19H17ClN6S2/c1-12-10-14-16(21-11-22-17(14)27-12)25-6-8-26(9-7-25)19-24-23-18(28-19)13-4-2-3-5-15(13)20/h2-5,10-11H,6-9H2,1H3. The lowest BCUT2D eigenvalue weighted by molar-refractivity contribution is 0.645. The van der Waals surface area contributed by atoms with Crippen molar-refractivity contribution in [3.8, 4) is 10.6 Å². The first kappa shape index (κ1) is 17.8. The van der Waals surface area contributed by atoms with Gasteiger partial charge in [-0.3, -0.25) is 0 Å². The fourth-order valence-corrected chi connectivity index (χ4v) is 5.47. The Kier molecular flexibility index (Phi) is 4.62. The lowest BCUT2D eigenvalue weighted by Gasteiger charge is -2.35. The van der Waals surface area contributed by atoms with Gasteiger partial charge < -0.3 is 9.80 Å². The van der Waals surface area contributed by atoms with Crippen molar-refractivity contribution in [2.45, 2.75) is 6.92 Å². The summed E-state index contributed by atoms with van der Waals surface area (Å²) in [5, 5.41) is 12.4. The molecule has 6 nitrogen and oxygen atoms in total. The molecule has 4 aromatic rings. The van der Waals surface area contributed by atoms with Crippen molar-refractivity contribution >= 4 is 55.4 Å². The lowest BCUT2D eigenvalue weighted by Crippen LogP contribution is -2.46. The summed E-state index contributed by atoms with van der Waals surface area (Å²) in [6.45, 7) is 5.65. The highest BCUT2D eigenvalue weighted by Crippen LogP contribution is 2.34. The van der Waals surface area contributed by atoms with Crippen molar-refractivity contribution in [1.82, 2.24) is 20.2 Å². The average molecular weight is 429 g/mol. The van der Waals surface area contributed by atoms with Crippen molar-refractivity contribution in [2.75, 3.05) is 36.0 Å². The summed E-state index contributed by atoms with van der Waals surface area (Å²) >= 11 is 9.60. The molecule has 1 aliphatic rings. The second-order valence-electron chi connectivity index (χ2n) is 6.62. The van der Waals surface area contributed by atoms with E-state index >= 15 is 0 Å². The molecule has 1 fully saturated rings. The minimum absolute atomic E-state index is 0.703. The van der Waals surface area contributed by atoms with E-state index in [9.17, 15) is 0 Å². The Bertz CT molecular complexity index is 1130. The van der Waals surface area contributed by atoms with Crippen molar-refractivity contribution in [1.29, 1.82) is 0 Å². The highest BCUT2D eigenvalue weighted by molar-refractivity contribution is 7.18. The minimum Gasteiger partial charge on any atom is -0.352 e. The van der Waals surface area contributed by atoms with Gasteiger partial charge in [-0.15, -0.1) is 21.5 Å². The summed E-state index contributed by atoms with van der Waals surface area (Å²) in [5.74, 6) is 1.03. The van der Waals surface area contributed by atoms with E-state index < -0.39 is 0 Å².